The van der Waals surface area contributed by atoms with Gasteiger partial charge in [0.05, 0.1) is 24.1 Å². The Morgan fingerprint density at radius 3 is 3.06 bits per heavy atom. The van der Waals surface area contributed by atoms with Crippen molar-refractivity contribution in [3.05, 3.63) is 17.5 Å². The molecule has 0 radical (unpaired) electrons. The number of aryl methyl sites for hydroxylation is 2. The number of aromatic nitrogens is 2. The van der Waals surface area contributed by atoms with Crippen LogP contribution in [0.25, 0.3) is 0 Å². The average Bonchev–Trinajstić information content (AvgIpc) is 2.91. The number of hydrogen-bond acceptors (Lipinski definition) is 3. The maximum absolute atomic E-state index is 6.01. The van der Waals surface area contributed by atoms with Gasteiger partial charge < -0.3 is 10.5 Å². The summed E-state index contributed by atoms with van der Waals surface area (Å²) in [5.74, 6) is 0.550. The normalized spacial score (nSPS) is 24.4. The van der Waals surface area contributed by atoms with Crippen LogP contribution in [-0.4, -0.2) is 22.4 Å². The summed E-state index contributed by atoms with van der Waals surface area (Å²) in [5.41, 5.74) is 7.99. The molecule has 1 aliphatic carbocycles. The van der Waals surface area contributed by atoms with E-state index >= 15 is 0 Å². The molecule has 0 bridgehead atoms. The Kier molecular flexibility index (Phi) is 4.18. The Balaban J connectivity index is 1.92. The Hall–Kier alpha value is -0.870. The molecular formula is C13H23N3O. The molecule has 1 saturated carbocycles. The second-order valence-corrected chi connectivity index (χ2v) is 4.87. The molecule has 0 saturated heterocycles. The van der Waals surface area contributed by atoms with Crippen molar-refractivity contribution in [2.45, 2.75) is 52.4 Å². The largest absolute Gasteiger partial charge is 0.372 e. The van der Waals surface area contributed by atoms with E-state index in [9.17, 15) is 0 Å². The summed E-state index contributed by atoms with van der Waals surface area (Å²) in [4.78, 5) is 0. The Morgan fingerprint density at radius 2 is 2.35 bits per heavy atom. The fourth-order valence-corrected chi connectivity index (χ4v) is 2.67. The molecule has 17 heavy (non-hydrogen) atoms. The van der Waals surface area contributed by atoms with Crippen LogP contribution in [0.2, 0.25) is 0 Å². The standard InChI is InChI=1S/C13H23N3O/c1-3-16-12(7-10(2)15-16)9-17-13-6-4-5-11(13)8-14/h7,11,13H,3-6,8-9,14H2,1-2H3. The molecule has 1 aliphatic rings. The topological polar surface area (TPSA) is 53.1 Å². The van der Waals surface area contributed by atoms with E-state index in [1.807, 2.05) is 11.6 Å². The lowest BCUT2D eigenvalue weighted by molar-refractivity contribution is 0.0149. The molecular weight excluding hydrogens is 214 g/mol. The van der Waals surface area contributed by atoms with Crippen molar-refractivity contribution >= 4 is 0 Å². The van der Waals surface area contributed by atoms with Crippen molar-refractivity contribution in [2.75, 3.05) is 6.54 Å². The van der Waals surface area contributed by atoms with Crippen molar-refractivity contribution < 1.29 is 4.74 Å². The van der Waals surface area contributed by atoms with E-state index in [0.717, 1.165) is 25.2 Å². The third-order valence-corrected chi connectivity index (χ3v) is 3.62. The van der Waals surface area contributed by atoms with Crippen LogP contribution in [0.15, 0.2) is 6.07 Å². The van der Waals surface area contributed by atoms with Crippen molar-refractivity contribution in [1.82, 2.24) is 9.78 Å². The van der Waals surface area contributed by atoms with E-state index in [0.29, 0.717) is 18.6 Å². The first-order valence-corrected chi connectivity index (χ1v) is 6.59. The molecule has 0 aliphatic heterocycles. The van der Waals surface area contributed by atoms with Crippen LogP contribution in [0.1, 0.15) is 37.6 Å². The fourth-order valence-electron chi connectivity index (χ4n) is 2.67. The van der Waals surface area contributed by atoms with Crippen LogP contribution in [0.5, 0.6) is 0 Å². The van der Waals surface area contributed by atoms with Crippen LogP contribution in [0.3, 0.4) is 0 Å². The quantitative estimate of drug-likeness (QED) is 0.850. The van der Waals surface area contributed by atoms with Gasteiger partial charge in [0.2, 0.25) is 0 Å². The van der Waals surface area contributed by atoms with E-state index < -0.39 is 0 Å². The van der Waals surface area contributed by atoms with Gasteiger partial charge >= 0.3 is 0 Å². The highest BCUT2D eigenvalue weighted by Crippen LogP contribution is 2.28. The van der Waals surface area contributed by atoms with Crippen molar-refractivity contribution in [1.29, 1.82) is 0 Å². The maximum atomic E-state index is 6.01. The highest BCUT2D eigenvalue weighted by Gasteiger charge is 2.26. The molecule has 0 aromatic carbocycles. The molecule has 1 heterocycles. The second-order valence-electron chi connectivity index (χ2n) is 4.87. The number of nitrogens with two attached hydrogens (primary N) is 1. The molecule has 0 amide bonds. The van der Waals surface area contributed by atoms with Gasteiger partial charge in [-0.3, -0.25) is 4.68 Å². The number of hydrogen-bond donors (Lipinski definition) is 1. The molecule has 2 N–H and O–H groups in total. The number of ether oxygens (including phenoxy) is 1. The highest BCUT2D eigenvalue weighted by atomic mass is 16.5. The summed E-state index contributed by atoms with van der Waals surface area (Å²) in [6.07, 6.45) is 3.97. The molecule has 4 nitrogen and oxygen atoms in total. The lowest BCUT2D eigenvalue weighted by Crippen LogP contribution is -2.25. The van der Waals surface area contributed by atoms with Crippen LogP contribution >= 0.6 is 0 Å². The summed E-state index contributed by atoms with van der Waals surface area (Å²) in [5, 5.41) is 4.43. The predicted octanol–water partition coefficient (Wildman–Crippen LogP) is 1.86. The zero-order valence-electron chi connectivity index (χ0n) is 10.9. The van der Waals surface area contributed by atoms with E-state index in [1.54, 1.807) is 0 Å². The first-order valence-electron chi connectivity index (χ1n) is 6.59. The summed E-state index contributed by atoms with van der Waals surface area (Å²) < 4.78 is 8.02. The molecule has 2 unspecified atom stereocenters. The van der Waals surface area contributed by atoms with Crippen molar-refractivity contribution in [2.24, 2.45) is 11.7 Å². The molecule has 1 fully saturated rings. The highest BCUT2D eigenvalue weighted by molar-refractivity contribution is 5.07. The van der Waals surface area contributed by atoms with Crippen molar-refractivity contribution in [3.63, 3.8) is 0 Å². The minimum absolute atomic E-state index is 0.348. The van der Waals surface area contributed by atoms with Gasteiger partial charge in [-0.2, -0.15) is 5.10 Å². The second kappa shape index (κ2) is 5.65. The summed E-state index contributed by atoms with van der Waals surface area (Å²) in [7, 11) is 0. The van der Waals surface area contributed by atoms with Gasteiger partial charge in [-0.05, 0) is 45.2 Å². The Bertz CT molecular complexity index is 362. The summed E-state index contributed by atoms with van der Waals surface area (Å²) >= 11 is 0. The van der Waals surface area contributed by atoms with E-state index in [1.165, 1.54) is 18.5 Å². The van der Waals surface area contributed by atoms with Gasteiger partial charge in [0.25, 0.3) is 0 Å². The monoisotopic (exact) mass is 237 g/mol. The molecule has 96 valence electrons. The summed E-state index contributed by atoms with van der Waals surface area (Å²) in [6.45, 7) is 6.44. The van der Waals surface area contributed by atoms with Gasteiger partial charge in [0, 0.05) is 6.54 Å². The molecule has 0 spiro atoms. The number of nitrogens with zero attached hydrogens (tertiary/aromatic N) is 2. The molecule has 2 rings (SSSR count). The van der Waals surface area contributed by atoms with Gasteiger partial charge in [-0.15, -0.1) is 0 Å². The van der Waals surface area contributed by atoms with E-state index in [2.05, 4.69) is 18.1 Å². The van der Waals surface area contributed by atoms with Gasteiger partial charge in [0.15, 0.2) is 0 Å². The minimum atomic E-state index is 0.348. The first kappa shape index (κ1) is 12.6. The maximum Gasteiger partial charge on any atom is 0.0888 e. The fraction of sp³-hybridized carbons (Fsp3) is 0.769. The van der Waals surface area contributed by atoms with Crippen LogP contribution in [0.4, 0.5) is 0 Å². The van der Waals surface area contributed by atoms with Gasteiger partial charge in [-0.25, -0.2) is 0 Å². The van der Waals surface area contributed by atoms with Gasteiger partial charge in [-0.1, -0.05) is 6.42 Å². The molecule has 2 atom stereocenters. The van der Waals surface area contributed by atoms with E-state index in [-0.39, 0.29) is 0 Å². The smallest absolute Gasteiger partial charge is 0.0888 e. The van der Waals surface area contributed by atoms with Gasteiger partial charge in [0.1, 0.15) is 0 Å². The average molecular weight is 237 g/mol. The van der Waals surface area contributed by atoms with Crippen LogP contribution in [0, 0.1) is 12.8 Å². The molecule has 1 aromatic heterocycles. The lowest BCUT2D eigenvalue weighted by Gasteiger charge is -2.18. The first-order chi connectivity index (χ1) is 8.24. The zero-order valence-corrected chi connectivity index (χ0v) is 10.9. The van der Waals surface area contributed by atoms with Crippen LogP contribution < -0.4 is 5.73 Å². The third-order valence-electron chi connectivity index (χ3n) is 3.62. The Labute approximate surface area is 103 Å². The lowest BCUT2D eigenvalue weighted by atomic mass is 10.1. The predicted molar refractivity (Wildman–Crippen MR) is 67.6 cm³/mol. The van der Waals surface area contributed by atoms with Crippen molar-refractivity contribution in [3.8, 4) is 0 Å². The third kappa shape index (κ3) is 2.87. The van der Waals surface area contributed by atoms with E-state index in [4.69, 9.17) is 10.5 Å². The number of rotatable bonds is 5. The molecule has 4 heteroatoms. The zero-order chi connectivity index (χ0) is 12.3. The minimum Gasteiger partial charge on any atom is -0.372 e. The summed E-state index contributed by atoms with van der Waals surface area (Å²) in [6, 6.07) is 2.11. The Morgan fingerprint density at radius 1 is 1.53 bits per heavy atom. The molecule has 1 aromatic rings. The SMILES string of the molecule is CCn1nc(C)cc1COC1CCCC1CN. The van der Waals surface area contributed by atoms with Crippen LogP contribution in [-0.2, 0) is 17.9 Å².